The zero-order valence-corrected chi connectivity index (χ0v) is 15.4. The highest BCUT2D eigenvalue weighted by Crippen LogP contribution is 2.36. The number of aryl methyl sites for hydroxylation is 1. The first-order valence-corrected chi connectivity index (χ1v) is 10.4. The molecule has 2 aliphatic rings. The average molecular weight is 392 g/mol. The van der Waals surface area contributed by atoms with Crippen molar-refractivity contribution in [3.05, 3.63) is 40.0 Å². The lowest BCUT2D eigenvalue weighted by Gasteiger charge is -2.33. The maximum atomic E-state index is 11.5. The van der Waals surface area contributed by atoms with Gasteiger partial charge in [-0.1, -0.05) is 0 Å². The average Bonchev–Trinajstić information content (AvgIpc) is 3.24. The van der Waals surface area contributed by atoms with Gasteiger partial charge in [-0.25, -0.2) is 13.6 Å². The molecule has 27 heavy (non-hydrogen) atoms. The maximum absolute atomic E-state index is 11.5. The molecule has 3 heterocycles. The first-order chi connectivity index (χ1) is 12.8. The number of rotatable bonds is 4. The second-order valence-electron chi connectivity index (χ2n) is 6.97. The predicted octanol–water partition coefficient (Wildman–Crippen LogP) is 1.16. The van der Waals surface area contributed by atoms with Gasteiger partial charge >= 0.3 is 0 Å². The van der Waals surface area contributed by atoms with Crippen LogP contribution in [0.3, 0.4) is 0 Å². The number of primary sulfonamides is 1. The Morgan fingerprint density at radius 1 is 1.22 bits per heavy atom. The quantitative estimate of drug-likeness (QED) is 0.609. The Morgan fingerprint density at radius 3 is 2.78 bits per heavy atom. The fraction of sp³-hybridized carbons (Fsp3) is 0.500. The van der Waals surface area contributed by atoms with E-state index >= 15 is 0 Å². The minimum Gasteiger partial charge on any atom is -0.365 e. The Morgan fingerprint density at radius 2 is 2.04 bits per heavy atom. The van der Waals surface area contributed by atoms with Crippen LogP contribution in [-0.2, 0) is 23.0 Å². The number of hydrogen-bond donors (Lipinski definition) is 1. The Bertz CT molecular complexity index is 1000. The van der Waals surface area contributed by atoms with Gasteiger partial charge in [0, 0.05) is 38.0 Å². The lowest BCUT2D eigenvalue weighted by molar-refractivity contribution is -0.384. The van der Waals surface area contributed by atoms with Crippen molar-refractivity contribution >= 4 is 21.4 Å². The second kappa shape index (κ2) is 6.57. The number of aromatic nitrogens is 3. The van der Waals surface area contributed by atoms with E-state index in [4.69, 9.17) is 5.14 Å². The summed E-state index contributed by atoms with van der Waals surface area (Å²) in [6.07, 6.45) is 3.80. The largest absolute Gasteiger partial charge is 0.365 e. The van der Waals surface area contributed by atoms with Gasteiger partial charge < -0.3 is 9.47 Å². The van der Waals surface area contributed by atoms with E-state index in [1.807, 2.05) is 4.90 Å². The highest BCUT2D eigenvalue weighted by molar-refractivity contribution is 7.89. The number of nitro benzene ring substituents is 1. The molecule has 0 amide bonds. The molecule has 0 aliphatic carbocycles. The molecule has 2 aromatic rings. The van der Waals surface area contributed by atoms with Crippen LogP contribution in [0.4, 0.5) is 11.4 Å². The monoisotopic (exact) mass is 392 g/mol. The molecule has 0 radical (unpaired) electrons. The minimum absolute atomic E-state index is 0.135. The molecule has 0 bridgehead atoms. The summed E-state index contributed by atoms with van der Waals surface area (Å²) in [6, 6.07) is 3.81. The number of benzene rings is 1. The number of anilines is 1. The van der Waals surface area contributed by atoms with Crippen molar-refractivity contribution in [1.29, 1.82) is 0 Å². The SMILES string of the molecule is NS(=O)(=O)c1ccc(N2CCCC(c3nnc4n3CCC4)C2)c([N+](=O)[O-])c1. The summed E-state index contributed by atoms with van der Waals surface area (Å²) in [5, 5.41) is 25.2. The number of hydrogen-bond acceptors (Lipinski definition) is 7. The highest BCUT2D eigenvalue weighted by atomic mass is 32.2. The third-order valence-corrected chi connectivity index (χ3v) is 6.15. The van der Waals surface area contributed by atoms with Crippen molar-refractivity contribution in [2.24, 2.45) is 5.14 Å². The molecule has 10 nitrogen and oxygen atoms in total. The Balaban J connectivity index is 1.66. The lowest BCUT2D eigenvalue weighted by Crippen LogP contribution is -2.35. The Labute approximate surface area is 156 Å². The van der Waals surface area contributed by atoms with E-state index in [1.165, 1.54) is 12.1 Å². The second-order valence-corrected chi connectivity index (χ2v) is 8.53. The summed E-state index contributed by atoms with van der Waals surface area (Å²) in [6.45, 7) is 2.15. The van der Waals surface area contributed by atoms with Crippen molar-refractivity contribution in [2.75, 3.05) is 18.0 Å². The van der Waals surface area contributed by atoms with Crippen LogP contribution in [0.2, 0.25) is 0 Å². The molecular formula is C16H20N6O4S. The van der Waals surface area contributed by atoms with Gasteiger partial charge in [0.1, 0.15) is 17.3 Å². The molecule has 1 fully saturated rings. The Hall–Kier alpha value is -2.53. The van der Waals surface area contributed by atoms with Gasteiger partial charge in [-0.3, -0.25) is 10.1 Å². The van der Waals surface area contributed by atoms with E-state index in [-0.39, 0.29) is 16.5 Å². The number of nitro groups is 1. The molecule has 4 rings (SSSR count). The van der Waals surface area contributed by atoms with Gasteiger partial charge in [0.2, 0.25) is 10.0 Å². The fourth-order valence-corrected chi connectivity index (χ4v) is 4.51. The van der Waals surface area contributed by atoms with Crippen LogP contribution in [0.5, 0.6) is 0 Å². The number of nitrogens with zero attached hydrogens (tertiary/aromatic N) is 5. The van der Waals surface area contributed by atoms with Crippen LogP contribution in [-0.4, -0.2) is 41.2 Å². The first-order valence-electron chi connectivity index (χ1n) is 8.83. The first kappa shape index (κ1) is 17.9. The van der Waals surface area contributed by atoms with Crippen LogP contribution in [0, 0.1) is 10.1 Å². The predicted molar refractivity (Wildman–Crippen MR) is 97.0 cm³/mol. The van der Waals surface area contributed by atoms with Crippen LogP contribution in [0.1, 0.15) is 36.8 Å². The minimum atomic E-state index is -4.00. The molecule has 11 heteroatoms. The Kier molecular flexibility index (Phi) is 4.35. The van der Waals surface area contributed by atoms with E-state index in [0.29, 0.717) is 18.8 Å². The molecule has 0 saturated carbocycles. The van der Waals surface area contributed by atoms with Gasteiger partial charge in [0.15, 0.2) is 0 Å². The van der Waals surface area contributed by atoms with Gasteiger partial charge in [-0.2, -0.15) is 0 Å². The van der Waals surface area contributed by atoms with Crippen molar-refractivity contribution < 1.29 is 13.3 Å². The molecule has 1 saturated heterocycles. The number of nitrogens with two attached hydrogens (primary N) is 1. The number of fused-ring (bicyclic) bond motifs is 1. The highest BCUT2D eigenvalue weighted by Gasteiger charge is 2.31. The van der Waals surface area contributed by atoms with Crippen molar-refractivity contribution in [3.8, 4) is 0 Å². The van der Waals surface area contributed by atoms with Crippen LogP contribution in [0.25, 0.3) is 0 Å². The third kappa shape index (κ3) is 3.28. The van der Waals surface area contributed by atoms with E-state index in [9.17, 15) is 18.5 Å². The summed E-state index contributed by atoms with van der Waals surface area (Å²) in [5.74, 6) is 2.08. The number of piperidine rings is 1. The lowest BCUT2D eigenvalue weighted by atomic mass is 9.96. The van der Waals surface area contributed by atoms with E-state index in [1.54, 1.807) is 0 Å². The molecule has 2 N–H and O–H groups in total. The molecule has 144 valence electrons. The molecule has 1 aromatic carbocycles. The van der Waals surface area contributed by atoms with Gasteiger partial charge in [0.05, 0.1) is 9.82 Å². The summed E-state index contributed by atoms with van der Waals surface area (Å²) in [7, 11) is -4.00. The molecule has 0 spiro atoms. The smallest absolute Gasteiger partial charge is 0.293 e. The van der Waals surface area contributed by atoms with Crippen LogP contribution < -0.4 is 10.0 Å². The normalized spacial score (nSPS) is 19.9. The maximum Gasteiger partial charge on any atom is 0.293 e. The van der Waals surface area contributed by atoms with Gasteiger partial charge in [0.25, 0.3) is 5.69 Å². The molecule has 1 aromatic heterocycles. The topological polar surface area (TPSA) is 137 Å². The van der Waals surface area contributed by atoms with Crippen molar-refractivity contribution in [2.45, 2.75) is 43.0 Å². The van der Waals surface area contributed by atoms with E-state index in [2.05, 4.69) is 14.8 Å². The van der Waals surface area contributed by atoms with Gasteiger partial charge in [-0.15, -0.1) is 10.2 Å². The van der Waals surface area contributed by atoms with Crippen LogP contribution >= 0.6 is 0 Å². The summed E-state index contributed by atoms with van der Waals surface area (Å²) in [5.41, 5.74) is 0.145. The van der Waals surface area contributed by atoms with Crippen LogP contribution in [0.15, 0.2) is 23.1 Å². The summed E-state index contributed by atoms with van der Waals surface area (Å²) >= 11 is 0. The van der Waals surface area contributed by atoms with E-state index < -0.39 is 14.9 Å². The van der Waals surface area contributed by atoms with Gasteiger partial charge in [-0.05, 0) is 31.4 Å². The molecule has 1 unspecified atom stereocenters. The number of sulfonamides is 1. The summed E-state index contributed by atoms with van der Waals surface area (Å²) < 4.78 is 25.2. The van der Waals surface area contributed by atoms with Crippen molar-refractivity contribution in [1.82, 2.24) is 14.8 Å². The molecule has 2 aliphatic heterocycles. The van der Waals surface area contributed by atoms with E-state index in [0.717, 1.165) is 49.9 Å². The molecular weight excluding hydrogens is 372 g/mol. The van der Waals surface area contributed by atoms with Crippen molar-refractivity contribution in [3.63, 3.8) is 0 Å². The third-order valence-electron chi connectivity index (χ3n) is 5.24. The zero-order chi connectivity index (χ0) is 19.2. The summed E-state index contributed by atoms with van der Waals surface area (Å²) in [4.78, 5) is 12.6. The standard InChI is InChI=1S/C16H20N6O4S/c17-27(25,26)12-5-6-13(14(9-12)22(23)24)20-7-1-3-11(10-20)16-19-18-15-4-2-8-21(15)16/h5-6,9,11H,1-4,7-8,10H2,(H2,17,25,26). The molecule has 1 atom stereocenters. The zero-order valence-electron chi connectivity index (χ0n) is 14.6. The fourth-order valence-electron chi connectivity index (χ4n) is 3.98.